The number of amides is 1. The molecule has 198 valence electrons. The first kappa shape index (κ1) is 25.2. The van der Waals surface area contributed by atoms with Crippen LogP contribution >= 0.6 is 0 Å². The highest BCUT2D eigenvalue weighted by atomic mass is 19.1. The van der Waals surface area contributed by atoms with Crippen molar-refractivity contribution in [3.63, 3.8) is 0 Å². The Morgan fingerprint density at radius 2 is 1.72 bits per heavy atom. The van der Waals surface area contributed by atoms with Crippen molar-refractivity contribution in [3.05, 3.63) is 102 Å². The van der Waals surface area contributed by atoms with Crippen molar-refractivity contribution < 1.29 is 9.18 Å². The van der Waals surface area contributed by atoms with E-state index in [0.717, 1.165) is 68.3 Å². The number of benzene rings is 3. The van der Waals surface area contributed by atoms with Crippen molar-refractivity contribution in [2.75, 3.05) is 44.6 Å². The number of hydrogen-bond donors (Lipinski definition) is 1. The van der Waals surface area contributed by atoms with Gasteiger partial charge in [-0.05, 0) is 47.9 Å². The van der Waals surface area contributed by atoms with E-state index < -0.39 is 0 Å². The third kappa shape index (κ3) is 5.82. The molecule has 0 bridgehead atoms. The Labute approximate surface area is 227 Å². The molecule has 0 radical (unpaired) electrons. The molecule has 8 heteroatoms. The SMILES string of the molecule is O=C(CN1CCN(C/C=C/c2ccccc2)CC1)Nc1ccc2c(c1)CCc1nnc(-c3cccc(F)c3)n1-2. The van der Waals surface area contributed by atoms with E-state index in [2.05, 4.69) is 49.6 Å². The molecule has 0 atom stereocenters. The first-order chi connectivity index (χ1) is 19.1. The maximum atomic E-state index is 13.9. The van der Waals surface area contributed by atoms with Gasteiger partial charge >= 0.3 is 0 Å². The lowest BCUT2D eigenvalue weighted by Crippen LogP contribution is -2.48. The van der Waals surface area contributed by atoms with E-state index >= 15 is 0 Å². The number of carbonyl (C=O) groups is 1. The minimum atomic E-state index is -0.305. The van der Waals surface area contributed by atoms with Crippen molar-refractivity contribution in [2.45, 2.75) is 12.8 Å². The molecule has 2 aliphatic heterocycles. The molecule has 1 amide bonds. The largest absolute Gasteiger partial charge is 0.325 e. The Hall–Kier alpha value is -4.14. The van der Waals surface area contributed by atoms with Crippen LogP contribution in [-0.2, 0) is 17.6 Å². The lowest BCUT2D eigenvalue weighted by Gasteiger charge is -2.33. The molecule has 6 rings (SSSR count). The van der Waals surface area contributed by atoms with Gasteiger partial charge in [-0.2, -0.15) is 0 Å². The highest BCUT2D eigenvalue weighted by Gasteiger charge is 2.23. The van der Waals surface area contributed by atoms with Crippen LogP contribution in [0.15, 0.2) is 78.9 Å². The van der Waals surface area contributed by atoms with Gasteiger partial charge in [-0.25, -0.2) is 4.39 Å². The summed E-state index contributed by atoms with van der Waals surface area (Å²) in [5, 5.41) is 11.8. The molecule has 0 aliphatic carbocycles. The first-order valence-electron chi connectivity index (χ1n) is 13.4. The van der Waals surface area contributed by atoms with Crippen LogP contribution in [0, 0.1) is 5.82 Å². The van der Waals surface area contributed by atoms with Crippen LogP contribution in [0.2, 0.25) is 0 Å². The van der Waals surface area contributed by atoms with Gasteiger partial charge in [0.2, 0.25) is 5.91 Å². The number of halogens is 1. The summed E-state index contributed by atoms with van der Waals surface area (Å²) in [6.45, 7) is 4.93. The molecule has 7 nitrogen and oxygen atoms in total. The number of piperazine rings is 1. The lowest BCUT2D eigenvalue weighted by atomic mass is 10.0. The minimum absolute atomic E-state index is 0.00591. The van der Waals surface area contributed by atoms with E-state index in [9.17, 15) is 9.18 Å². The van der Waals surface area contributed by atoms with Gasteiger partial charge in [0.1, 0.15) is 11.6 Å². The summed E-state index contributed by atoms with van der Waals surface area (Å²) in [7, 11) is 0. The zero-order chi connectivity index (χ0) is 26.6. The van der Waals surface area contributed by atoms with Crippen LogP contribution < -0.4 is 5.32 Å². The monoisotopic (exact) mass is 522 g/mol. The Morgan fingerprint density at radius 1 is 0.897 bits per heavy atom. The highest BCUT2D eigenvalue weighted by Crippen LogP contribution is 2.31. The maximum Gasteiger partial charge on any atom is 0.238 e. The molecule has 1 aromatic heterocycles. The first-order valence-corrected chi connectivity index (χ1v) is 13.4. The zero-order valence-corrected chi connectivity index (χ0v) is 21.8. The summed E-state index contributed by atoms with van der Waals surface area (Å²) >= 11 is 0. The smallest absolute Gasteiger partial charge is 0.238 e. The molecule has 3 aromatic carbocycles. The quantitative estimate of drug-likeness (QED) is 0.389. The minimum Gasteiger partial charge on any atom is -0.325 e. The topological polar surface area (TPSA) is 66.3 Å². The summed E-state index contributed by atoms with van der Waals surface area (Å²) in [6.07, 6.45) is 5.90. The third-order valence-corrected chi connectivity index (χ3v) is 7.34. The molecule has 1 fully saturated rings. The molecule has 39 heavy (non-hydrogen) atoms. The van der Waals surface area contributed by atoms with Crippen molar-refractivity contribution in [3.8, 4) is 17.1 Å². The molecule has 1 saturated heterocycles. The second-order valence-electron chi connectivity index (χ2n) is 10.1. The van der Waals surface area contributed by atoms with Crippen LogP contribution in [0.1, 0.15) is 17.0 Å². The Balaban J connectivity index is 1.04. The number of rotatable bonds is 7. The van der Waals surface area contributed by atoms with Crippen LogP contribution in [-0.4, -0.2) is 69.7 Å². The summed E-state index contributed by atoms with van der Waals surface area (Å²) in [4.78, 5) is 17.5. The number of fused-ring (bicyclic) bond motifs is 3. The van der Waals surface area contributed by atoms with Gasteiger partial charge in [0, 0.05) is 50.4 Å². The summed E-state index contributed by atoms with van der Waals surface area (Å²) in [5.74, 6) is 1.17. The number of aryl methyl sites for hydroxylation is 2. The molecular weight excluding hydrogens is 491 g/mol. The van der Waals surface area contributed by atoms with Gasteiger partial charge in [-0.15, -0.1) is 10.2 Å². The van der Waals surface area contributed by atoms with E-state index in [1.807, 2.05) is 47.0 Å². The molecule has 4 aromatic rings. The van der Waals surface area contributed by atoms with E-state index in [1.165, 1.54) is 17.7 Å². The Morgan fingerprint density at radius 3 is 2.54 bits per heavy atom. The van der Waals surface area contributed by atoms with Crippen LogP contribution in [0.5, 0.6) is 0 Å². The molecule has 2 aliphatic rings. The molecular formula is C31H31FN6O. The number of carbonyl (C=O) groups excluding carboxylic acids is 1. The van der Waals surface area contributed by atoms with Crippen LogP contribution in [0.4, 0.5) is 10.1 Å². The van der Waals surface area contributed by atoms with E-state index in [1.54, 1.807) is 6.07 Å². The Bertz CT molecular complexity index is 1490. The van der Waals surface area contributed by atoms with E-state index in [4.69, 9.17) is 0 Å². The predicted octanol–water partition coefficient (Wildman–Crippen LogP) is 4.44. The van der Waals surface area contributed by atoms with Gasteiger partial charge in [0.15, 0.2) is 5.82 Å². The average molecular weight is 523 g/mol. The van der Waals surface area contributed by atoms with Gasteiger partial charge in [-0.1, -0.05) is 54.6 Å². The number of aromatic nitrogens is 3. The maximum absolute atomic E-state index is 13.9. The second-order valence-corrected chi connectivity index (χ2v) is 10.1. The van der Waals surface area contributed by atoms with Crippen LogP contribution in [0.25, 0.3) is 23.2 Å². The third-order valence-electron chi connectivity index (χ3n) is 7.34. The van der Waals surface area contributed by atoms with Crippen molar-refractivity contribution >= 4 is 17.7 Å². The van der Waals surface area contributed by atoms with Crippen molar-refractivity contribution in [1.29, 1.82) is 0 Å². The average Bonchev–Trinajstić information content (AvgIpc) is 3.39. The fraction of sp³-hybridized carbons (Fsp3) is 0.258. The number of hydrogen-bond acceptors (Lipinski definition) is 5. The summed E-state index contributed by atoms with van der Waals surface area (Å²) in [6, 6.07) is 22.7. The summed E-state index contributed by atoms with van der Waals surface area (Å²) < 4.78 is 15.8. The Kier molecular flexibility index (Phi) is 7.29. The van der Waals surface area contributed by atoms with Crippen molar-refractivity contribution in [1.82, 2.24) is 24.6 Å². The zero-order valence-electron chi connectivity index (χ0n) is 21.8. The number of nitrogens with zero attached hydrogens (tertiary/aromatic N) is 5. The predicted molar refractivity (Wildman–Crippen MR) is 151 cm³/mol. The van der Waals surface area contributed by atoms with Gasteiger partial charge in [0.05, 0.1) is 12.2 Å². The molecule has 0 unspecified atom stereocenters. The van der Waals surface area contributed by atoms with Gasteiger partial charge in [-0.3, -0.25) is 19.2 Å². The fourth-order valence-corrected chi connectivity index (χ4v) is 5.31. The second kappa shape index (κ2) is 11.3. The standard InChI is InChI=1S/C31H31FN6O/c32-26-10-4-9-25(20-26)31-35-34-29-14-11-24-21-27(12-13-28(24)38(29)31)33-30(39)22-37-18-16-36(17-19-37)15-5-8-23-6-2-1-3-7-23/h1-10,12-13,20-21H,11,14-19,22H2,(H,33,39)/b8-5+. The van der Waals surface area contributed by atoms with Crippen molar-refractivity contribution in [2.24, 2.45) is 0 Å². The number of nitrogens with one attached hydrogen (secondary N) is 1. The van der Waals surface area contributed by atoms with E-state index in [-0.39, 0.29) is 11.7 Å². The van der Waals surface area contributed by atoms with Gasteiger partial charge < -0.3 is 5.32 Å². The van der Waals surface area contributed by atoms with E-state index in [0.29, 0.717) is 17.9 Å². The molecule has 3 heterocycles. The molecule has 1 N–H and O–H groups in total. The fourth-order valence-electron chi connectivity index (χ4n) is 5.31. The highest BCUT2D eigenvalue weighted by molar-refractivity contribution is 5.92. The normalized spacial score (nSPS) is 15.7. The molecule has 0 saturated carbocycles. The van der Waals surface area contributed by atoms with Crippen LogP contribution in [0.3, 0.4) is 0 Å². The lowest BCUT2D eigenvalue weighted by molar-refractivity contribution is -0.117. The molecule has 0 spiro atoms. The number of anilines is 1. The van der Waals surface area contributed by atoms with Gasteiger partial charge in [0.25, 0.3) is 0 Å². The summed E-state index contributed by atoms with van der Waals surface area (Å²) in [5.41, 5.74) is 4.76.